The number of thiazole rings is 1. The molecule has 0 aliphatic rings. The normalized spacial score (nSPS) is 10.5. The second kappa shape index (κ2) is 5.08. The predicted octanol–water partition coefficient (Wildman–Crippen LogP) is 4.11. The Balaban J connectivity index is 2.08. The van der Waals surface area contributed by atoms with Crippen LogP contribution in [0.1, 0.15) is 16.1 Å². The maximum Gasteiger partial charge on any atom is 0.102 e. The van der Waals surface area contributed by atoms with Crippen LogP contribution in [0, 0.1) is 25.2 Å². The summed E-state index contributed by atoms with van der Waals surface area (Å²) < 4.78 is 1.07. The number of nitriles is 1. The first kappa shape index (κ1) is 13.4. The molecule has 4 nitrogen and oxygen atoms in total. The summed E-state index contributed by atoms with van der Waals surface area (Å²) in [5.74, 6) is 0. The highest BCUT2D eigenvalue weighted by atomic mass is 32.1. The van der Waals surface area contributed by atoms with Crippen LogP contribution in [-0.4, -0.2) is 4.98 Å². The molecule has 1 aromatic heterocycles. The summed E-state index contributed by atoms with van der Waals surface area (Å²) in [5, 5.41) is 13.5. The zero-order valence-electron chi connectivity index (χ0n) is 11.8. The van der Waals surface area contributed by atoms with E-state index in [1.165, 1.54) is 0 Å². The van der Waals surface area contributed by atoms with E-state index in [0.717, 1.165) is 32.2 Å². The van der Waals surface area contributed by atoms with Crippen LogP contribution in [0.2, 0.25) is 0 Å². The number of rotatable bonds is 2. The maximum atomic E-state index is 9.29. The molecule has 0 spiro atoms. The van der Waals surface area contributed by atoms with E-state index >= 15 is 0 Å². The Morgan fingerprint density at radius 1 is 1.24 bits per heavy atom. The molecule has 5 heteroatoms. The monoisotopic (exact) mass is 294 g/mol. The summed E-state index contributed by atoms with van der Waals surface area (Å²) in [6.45, 7) is 3.89. The third-order valence-corrected chi connectivity index (χ3v) is 4.25. The van der Waals surface area contributed by atoms with Crippen molar-refractivity contribution in [3.63, 3.8) is 0 Å². The minimum Gasteiger partial charge on any atom is -0.397 e. The van der Waals surface area contributed by atoms with Gasteiger partial charge in [-0.3, -0.25) is 0 Å². The number of aryl methyl sites for hydroxylation is 2. The largest absolute Gasteiger partial charge is 0.397 e. The van der Waals surface area contributed by atoms with Gasteiger partial charge in [0.05, 0.1) is 37.8 Å². The Morgan fingerprint density at radius 3 is 2.81 bits per heavy atom. The molecule has 0 radical (unpaired) electrons. The summed E-state index contributed by atoms with van der Waals surface area (Å²) >= 11 is 1.62. The molecule has 0 fully saturated rings. The Labute approximate surface area is 126 Å². The minimum absolute atomic E-state index is 0.631. The smallest absolute Gasteiger partial charge is 0.102 e. The van der Waals surface area contributed by atoms with Crippen molar-refractivity contribution in [2.24, 2.45) is 0 Å². The van der Waals surface area contributed by atoms with Gasteiger partial charge in [-0.1, -0.05) is 12.1 Å². The van der Waals surface area contributed by atoms with Crippen molar-refractivity contribution in [1.29, 1.82) is 5.26 Å². The Kier molecular flexibility index (Phi) is 3.24. The first-order chi connectivity index (χ1) is 10.1. The number of fused-ring (bicyclic) bond motifs is 1. The Bertz CT molecular complexity index is 874. The summed E-state index contributed by atoms with van der Waals surface area (Å²) in [7, 11) is 0. The third-order valence-electron chi connectivity index (χ3n) is 3.32. The zero-order chi connectivity index (χ0) is 15.0. The minimum atomic E-state index is 0.631. The fourth-order valence-electron chi connectivity index (χ4n) is 2.28. The van der Waals surface area contributed by atoms with E-state index in [1.807, 2.05) is 44.2 Å². The second-order valence-electron chi connectivity index (χ2n) is 4.87. The van der Waals surface area contributed by atoms with Crippen LogP contribution in [0.4, 0.5) is 17.1 Å². The molecule has 104 valence electrons. The van der Waals surface area contributed by atoms with Gasteiger partial charge >= 0.3 is 0 Å². The molecule has 21 heavy (non-hydrogen) atoms. The number of hydrogen-bond donors (Lipinski definition) is 2. The van der Waals surface area contributed by atoms with Crippen molar-refractivity contribution in [2.75, 3.05) is 11.1 Å². The van der Waals surface area contributed by atoms with Crippen LogP contribution in [0.3, 0.4) is 0 Å². The van der Waals surface area contributed by atoms with E-state index in [-0.39, 0.29) is 0 Å². The average molecular weight is 294 g/mol. The lowest BCUT2D eigenvalue weighted by Gasteiger charge is -2.12. The van der Waals surface area contributed by atoms with Crippen LogP contribution in [0.25, 0.3) is 10.2 Å². The molecule has 3 rings (SSSR count). The fraction of sp³-hybridized carbons (Fsp3) is 0.125. The van der Waals surface area contributed by atoms with Crippen LogP contribution >= 0.6 is 11.3 Å². The maximum absolute atomic E-state index is 9.29. The summed E-state index contributed by atoms with van der Waals surface area (Å²) in [6, 6.07) is 11.8. The number of nitrogens with one attached hydrogen (secondary N) is 1. The molecule has 0 aliphatic heterocycles. The molecule has 0 bridgehead atoms. The van der Waals surface area contributed by atoms with E-state index in [2.05, 4.69) is 16.4 Å². The number of benzene rings is 2. The van der Waals surface area contributed by atoms with E-state index in [9.17, 15) is 5.26 Å². The van der Waals surface area contributed by atoms with Gasteiger partial charge in [-0.2, -0.15) is 5.26 Å². The number of aromatic nitrogens is 1. The highest BCUT2D eigenvalue weighted by Crippen LogP contribution is 2.32. The Morgan fingerprint density at radius 2 is 2.05 bits per heavy atom. The molecule has 2 aromatic carbocycles. The molecule has 0 atom stereocenters. The molecule has 1 heterocycles. The van der Waals surface area contributed by atoms with Crippen LogP contribution < -0.4 is 11.1 Å². The predicted molar refractivity (Wildman–Crippen MR) is 87.9 cm³/mol. The van der Waals surface area contributed by atoms with Crippen LogP contribution in [-0.2, 0) is 0 Å². The van der Waals surface area contributed by atoms with Crippen LogP contribution in [0.5, 0.6) is 0 Å². The van der Waals surface area contributed by atoms with E-state index < -0.39 is 0 Å². The molecular weight excluding hydrogens is 280 g/mol. The quantitative estimate of drug-likeness (QED) is 0.697. The number of hydrogen-bond acceptors (Lipinski definition) is 5. The fourth-order valence-corrected chi connectivity index (χ4v) is 3.14. The van der Waals surface area contributed by atoms with Gasteiger partial charge in [-0.15, -0.1) is 11.3 Å². The highest BCUT2D eigenvalue weighted by molar-refractivity contribution is 7.18. The lowest BCUT2D eigenvalue weighted by molar-refractivity contribution is 1.34. The molecular formula is C16H14N4S. The Hall–Kier alpha value is -2.58. The topological polar surface area (TPSA) is 74.7 Å². The van der Waals surface area contributed by atoms with Gasteiger partial charge < -0.3 is 11.1 Å². The van der Waals surface area contributed by atoms with Gasteiger partial charge in [0.2, 0.25) is 0 Å². The van der Waals surface area contributed by atoms with E-state index in [4.69, 9.17) is 5.73 Å². The highest BCUT2D eigenvalue weighted by Gasteiger charge is 2.09. The van der Waals surface area contributed by atoms with Gasteiger partial charge in [0.15, 0.2) is 0 Å². The van der Waals surface area contributed by atoms with Gasteiger partial charge in [0.1, 0.15) is 6.07 Å². The molecule has 0 aliphatic carbocycles. The van der Waals surface area contributed by atoms with Crippen molar-refractivity contribution in [1.82, 2.24) is 4.98 Å². The van der Waals surface area contributed by atoms with Gasteiger partial charge in [0.25, 0.3) is 0 Å². The lowest BCUT2D eigenvalue weighted by atomic mass is 10.1. The zero-order valence-corrected chi connectivity index (χ0v) is 12.6. The molecule has 0 unspecified atom stereocenters. The summed E-state index contributed by atoms with van der Waals surface area (Å²) in [5.41, 5.74) is 10.8. The van der Waals surface area contributed by atoms with Gasteiger partial charge in [-0.05, 0) is 37.6 Å². The van der Waals surface area contributed by atoms with E-state index in [0.29, 0.717) is 11.3 Å². The van der Waals surface area contributed by atoms with Gasteiger partial charge in [-0.25, -0.2) is 4.98 Å². The number of nitrogen functional groups attached to an aromatic ring is 1. The molecule has 0 amide bonds. The third kappa shape index (κ3) is 2.41. The number of nitrogens with two attached hydrogens (primary N) is 1. The average Bonchev–Trinajstić information content (AvgIpc) is 2.78. The van der Waals surface area contributed by atoms with Gasteiger partial charge in [0, 0.05) is 0 Å². The molecule has 3 N–H and O–H groups in total. The number of nitrogens with zero attached hydrogens (tertiary/aromatic N) is 2. The summed E-state index contributed by atoms with van der Waals surface area (Å²) in [4.78, 5) is 4.47. The van der Waals surface area contributed by atoms with Crippen molar-refractivity contribution in [2.45, 2.75) is 13.8 Å². The SMILES string of the molecule is Cc1nc2cc(Nc3cccc(C)c3C#N)c(N)cc2s1. The van der Waals surface area contributed by atoms with Crippen molar-refractivity contribution >= 4 is 38.6 Å². The number of anilines is 3. The molecule has 0 saturated carbocycles. The first-order valence-electron chi connectivity index (χ1n) is 6.52. The summed E-state index contributed by atoms with van der Waals surface area (Å²) in [6.07, 6.45) is 0. The van der Waals surface area contributed by atoms with Crippen molar-refractivity contribution in [3.05, 3.63) is 46.5 Å². The first-order valence-corrected chi connectivity index (χ1v) is 7.33. The van der Waals surface area contributed by atoms with E-state index in [1.54, 1.807) is 11.3 Å². The standard InChI is InChI=1S/C16H14N4S/c1-9-4-3-5-13(11(9)8-17)20-14-7-15-16(6-12(14)18)21-10(2)19-15/h3-7,20H,18H2,1-2H3. The van der Waals surface area contributed by atoms with Crippen LogP contribution in [0.15, 0.2) is 30.3 Å². The lowest BCUT2D eigenvalue weighted by Crippen LogP contribution is -1.99. The second-order valence-corrected chi connectivity index (χ2v) is 6.11. The molecule has 3 aromatic rings. The van der Waals surface area contributed by atoms with Crippen molar-refractivity contribution in [3.8, 4) is 6.07 Å². The molecule has 0 saturated heterocycles. The van der Waals surface area contributed by atoms with Crippen molar-refractivity contribution < 1.29 is 0 Å².